The first-order valence-electron chi connectivity index (χ1n) is 13.0. The lowest BCUT2D eigenvalue weighted by molar-refractivity contribution is -0.171. The first kappa shape index (κ1) is 29.6. The summed E-state index contributed by atoms with van der Waals surface area (Å²) in [7, 11) is 2.04. The van der Waals surface area contributed by atoms with E-state index in [4.69, 9.17) is 4.74 Å². The van der Waals surface area contributed by atoms with E-state index in [0.29, 0.717) is 47.9 Å². The zero-order valence-corrected chi connectivity index (χ0v) is 22.2. The van der Waals surface area contributed by atoms with Gasteiger partial charge in [-0.1, -0.05) is 6.42 Å². The zero-order chi connectivity index (χ0) is 29.1. The van der Waals surface area contributed by atoms with Gasteiger partial charge in [0.25, 0.3) is 5.91 Å². The van der Waals surface area contributed by atoms with Gasteiger partial charge >= 0.3 is 12.4 Å². The molecule has 0 unspecified atom stereocenters. The highest BCUT2D eigenvalue weighted by Crippen LogP contribution is 2.27. The summed E-state index contributed by atoms with van der Waals surface area (Å²) in [5, 5.41) is 0. The van der Waals surface area contributed by atoms with E-state index in [2.05, 4.69) is 14.9 Å². The van der Waals surface area contributed by atoms with Gasteiger partial charge in [0, 0.05) is 30.3 Å². The summed E-state index contributed by atoms with van der Waals surface area (Å²) in [5.41, 5.74) is 1.35. The Kier molecular flexibility index (Phi) is 8.91. The van der Waals surface area contributed by atoms with Crippen LogP contribution in [0.4, 0.5) is 26.3 Å². The minimum absolute atomic E-state index is 0.216. The molecule has 40 heavy (non-hydrogen) atoms. The SMILES string of the molecule is CCOc1ccc(Cc2nc3cc(C(=O)N(CC(F)(F)F)CC(F)(F)F)ccc3n2C[C@H]2CCCCN2C)nc1. The summed E-state index contributed by atoms with van der Waals surface area (Å²) in [6.07, 6.45) is -4.91. The number of aromatic nitrogens is 3. The fourth-order valence-electron chi connectivity index (χ4n) is 4.98. The molecule has 0 radical (unpaired) electrons. The maximum Gasteiger partial charge on any atom is 0.406 e. The highest BCUT2D eigenvalue weighted by Gasteiger charge is 2.40. The number of pyridine rings is 1. The normalized spacial score (nSPS) is 16.9. The van der Waals surface area contributed by atoms with Gasteiger partial charge in [0.1, 0.15) is 24.7 Å². The number of carbonyl (C=O) groups is 1. The smallest absolute Gasteiger partial charge is 0.406 e. The van der Waals surface area contributed by atoms with Gasteiger partial charge in [-0.2, -0.15) is 26.3 Å². The van der Waals surface area contributed by atoms with E-state index in [1.54, 1.807) is 12.3 Å². The molecule has 1 fully saturated rings. The number of ether oxygens (including phenoxy) is 1. The molecule has 13 heteroatoms. The van der Waals surface area contributed by atoms with E-state index in [1.165, 1.54) is 18.2 Å². The van der Waals surface area contributed by atoms with Crippen molar-refractivity contribution >= 4 is 16.9 Å². The molecule has 4 rings (SSSR count). The molecule has 0 bridgehead atoms. The molecule has 7 nitrogen and oxygen atoms in total. The van der Waals surface area contributed by atoms with E-state index in [1.807, 2.05) is 24.6 Å². The number of hydrogen-bond donors (Lipinski definition) is 0. The van der Waals surface area contributed by atoms with Crippen LogP contribution in [0.25, 0.3) is 11.0 Å². The van der Waals surface area contributed by atoms with Crippen molar-refractivity contribution in [2.45, 2.75) is 57.5 Å². The van der Waals surface area contributed by atoms with Crippen molar-refractivity contribution in [2.24, 2.45) is 0 Å². The van der Waals surface area contributed by atoms with Gasteiger partial charge in [-0.25, -0.2) is 4.98 Å². The molecule has 1 aliphatic rings. The van der Waals surface area contributed by atoms with Crippen LogP contribution >= 0.6 is 0 Å². The van der Waals surface area contributed by atoms with Gasteiger partial charge in [-0.15, -0.1) is 0 Å². The second-order valence-electron chi connectivity index (χ2n) is 9.96. The van der Waals surface area contributed by atoms with Crippen LogP contribution in [0, 0.1) is 0 Å². The predicted molar refractivity (Wildman–Crippen MR) is 136 cm³/mol. The average Bonchev–Trinajstić information content (AvgIpc) is 3.20. The van der Waals surface area contributed by atoms with Crippen molar-refractivity contribution in [2.75, 3.05) is 33.3 Å². The lowest BCUT2D eigenvalue weighted by atomic mass is 10.0. The topological polar surface area (TPSA) is 63.5 Å². The predicted octanol–water partition coefficient (Wildman–Crippen LogP) is 5.47. The van der Waals surface area contributed by atoms with E-state index >= 15 is 0 Å². The number of amides is 1. The molecule has 0 N–H and O–H groups in total. The number of carbonyl (C=O) groups excluding carboxylic acids is 1. The number of nitrogens with zero attached hydrogens (tertiary/aromatic N) is 5. The molecule has 1 aromatic carbocycles. The van der Waals surface area contributed by atoms with E-state index in [9.17, 15) is 31.1 Å². The molecule has 1 amide bonds. The van der Waals surface area contributed by atoms with Gasteiger partial charge < -0.3 is 19.1 Å². The summed E-state index contributed by atoms with van der Waals surface area (Å²) in [6.45, 7) is -0.138. The molecular weight excluding hydrogens is 540 g/mol. The largest absolute Gasteiger partial charge is 0.492 e. The van der Waals surface area contributed by atoms with Gasteiger partial charge in [-0.3, -0.25) is 9.78 Å². The van der Waals surface area contributed by atoms with Crippen molar-refractivity contribution < 1.29 is 35.9 Å². The Hall–Kier alpha value is -3.35. The Morgan fingerprint density at radius 1 is 1.07 bits per heavy atom. The third-order valence-corrected chi connectivity index (χ3v) is 6.86. The Bertz CT molecular complexity index is 1290. The van der Waals surface area contributed by atoms with Crippen LogP contribution in [0.15, 0.2) is 36.5 Å². The third-order valence-electron chi connectivity index (χ3n) is 6.86. The Morgan fingerprint density at radius 3 is 2.40 bits per heavy atom. The summed E-state index contributed by atoms with van der Waals surface area (Å²) in [6, 6.07) is 7.86. The number of rotatable bonds is 9. The lowest BCUT2D eigenvalue weighted by Crippen LogP contribution is -2.44. The molecule has 1 saturated heterocycles. The lowest BCUT2D eigenvalue weighted by Gasteiger charge is -2.33. The molecule has 0 saturated carbocycles. The monoisotopic (exact) mass is 571 g/mol. The van der Waals surface area contributed by atoms with Crippen LogP contribution in [0.1, 0.15) is 48.1 Å². The number of hydrogen-bond acceptors (Lipinski definition) is 5. The van der Waals surface area contributed by atoms with Gasteiger partial charge in [-0.05, 0) is 63.7 Å². The molecule has 0 aliphatic carbocycles. The molecule has 3 heterocycles. The summed E-state index contributed by atoms with van der Waals surface area (Å²) in [5.74, 6) is -0.125. The summed E-state index contributed by atoms with van der Waals surface area (Å²) >= 11 is 0. The highest BCUT2D eigenvalue weighted by atomic mass is 19.4. The number of alkyl halides is 6. The van der Waals surface area contributed by atoms with E-state index in [-0.39, 0.29) is 16.5 Å². The van der Waals surface area contributed by atoms with Crippen molar-refractivity contribution in [3.8, 4) is 5.75 Å². The minimum atomic E-state index is -4.99. The summed E-state index contributed by atoms with van der Waals surface area (Å²) < 4.78 is 85.4. The van der Waals surface area contributed by atoms with Crippen LogP contribution in [0.3, 0.4) is 0 Å². The first-order chi connectivity index (χ1) is 18.8. The molecule has 0 spiro atoms. The van der Waals surface area contributed by atoms with Crippen LogP contribution < -0.4 is 4.74 Å². The number of fused-ring (bicyclic) bond motifs is 1. The van der Waals surface area contributed by atoms with Gasteiger partial charge in [0.2, 0.25) is 0 Å². The van der Waals surface area contributed by atoms with Crippen molar-refractivity contribution in [1.29, 1.82) is 0 Å². The third kappa shape index (κ3) is 7.64. The Morgan fingerprint density at radius 2 is 1.80 bits per heavy atom. The highest BCUT2D eigenvalue weighted by molar-refractivity contribution is 5.97. The number of benzene rings is 1. The molecule has 1 atom stereocenters. The molecule has 1 aliphatic heterocycles. The average molecular weight is 572 g/mol. The second-order valence-corrected chi connectivity index (χ2v) is 9.96. The fourth-order valence-corrected chi connectivity index (χ4v) is 4.98. The minimum Gasteiger partial charge on any atom is -0.492 e. The van der Waals surface area contributed by atoms with Gasteiger partial charge in [0.05, 0.1) is 23.8 Å². The fraction of sp³-hybridized carbons (Fsp3) is 0.519. The molecule has 218 valence electrons. The van der Waals surface area contributed by atoms with Crippen LogP contribution in [-0.4, -0.2) is 81.9 Å². The number of likely N-dealkylation sites (N-methyl/N-ethyl adjacent to an activating group) is 1. The number of halogens is 6. The van der Waals surface area contributed by atoms with Crippen LogP contribution in [0.2, 0.25) is 0 Å². The Labute approximate surface area is 227 Å². The number of likely N-dealkylation sites (tertiary alicyclic amines) is 1. The van der Waals surface area contributed by atoms with Crippen molar-refractivity contribution in [3.05, 3.63) is 53.6 Å². The molecular formula is C27H31F6N5O2. The quantitative estimate of drug-likeness (QED) is 0.319. The van der Waals surface area contributed by atoms with E-state index < -0.39 is 31.3 Å². The van der Waals surface area contributed by atoms with Crippen LogP contribution in [-0.2, 0) is 13.0 Å². The summed E-state index contributed by atoms with van der Waals surface area (Å²) in [4.78, 5) is 24.0. The molecule has 2 aromatic heterocycles. The van der Waals surface area contributed by atoms with Gasteiger partial charge in [0.15, 0.2) is 0 Å². The second kappa shape index (κ2) is 12.0. The van der Waals surface area contributed by atoms with Crippen LogP contribution in [0.5, 0.6) is 5.75 Å². The number of piperidine rings is 1. The maximum atomic E-state index is 13.0. The first-order valence-corrected chi connectivity index (χ1v) is 13.0. The standard InChI is InChI=1S/C27H31F6N5O2/c1-3-40-21-9-8-19(34-14-21)13-24-35-22-12-18(25(39)37(16-26(28,29)30)17-27(31,32)33)7-10-23(22)38(24)15-20-6-4-5-11-36(20)2/h7-10,12,14,20H,3-6,11,13,15-17H2,1-2H3/t20-/m1/s1. The number of imidazole rings is 1. The molecule has 3 aromatic rings. The maximum absolute atomic E-state index is 13.0. The Balaban J connectivity index is 1.70. The van der Waals surface area contributed by atoms with Crippen molar-refractivity contribution in [3.63, 3.8) is 0 Å². The van der Waals surface area contributed by atoms with E-state index in [0.717, 1.165) is 25.8 Å². The van der Waals surface area contributed by atoms with Crippen molar-refractivity contribution in [1.82, 2.24) is 24.3 Å². The zero-order valence-electron chi connectivity index (χ0n) is 22.2.